The molecule has 0 aliphatic heterocycles. The summed E-state index contributed by atoms with van der Waals surface area (Å²) in [6.45, 7) is 0.222. The van der Waals surface area contributed by atoms with E-state index in [1.54, 1.807) is 0 Å². The van der Waals surface area contributed by atoms with E-state index >= 15 is 0 Å². The van der Waals surface area contributed by atoms with Crippen LogP contribution in [-0.2, 0) is 4.74 Å². The summed E-state index contributed by atoms with van der Waals surface area (Å²) in [4.78, 5) is 11.5. The molecule has 0 bridgehead atoms. The van der Waals surface area contributed by atoms with Crippen molar-refractivity contribution in [2.75, 3.05) is 11.9 Å². The molecular weight excluding hydrogens is 235 g/mol. The van der Waals surface area contributed by atoms with Gasteiger partial charge in [0.2, 0.25) is 0 Å². The van der Waals surface area contributed by atoms with Gasteiger partial charge in [-0.15, -0.1) is 0 Å². The molecule has 1 fully saturated rings. The molecular formula is C13H17FN2O2. The Bertz CT molecular complexity index is 414. The van der Waals surface area contributed by atoms with Gasteiger partial charge < -0.3 is 10.5 Å². The molecule has 5 heteroatoms. The van der Waals surface area contributed by atoms with Crippen LogP contribution in [0.4, 0.5) is 14.9 Å². The first-order chi connectivity index (χ1) is 8.57. The van der Waals surface area contributed by atoms with Crippen molar-refractivity contribution in [2.45, 2.75) is 31.2 Å². The standard InChI is InChI=1S/C13H17FN2O2/c14-10-3-5-11(6-4-10)16-12(17)18-9-13(15)7-1-2-8-13/h3-6H,1-2,7-9,15H2,(H,16,17). The quantitative estimate of drug-likeness (QED) is 0.869. The highest BCUT2D eigenvalue weighted by atomic mass is 19.1. The minimum Gasteiger partial charge on any atom is -0.447 e. The second kappa shape index (κ2) is 5.35. The predicted octanol–water partition coefficient (Wildman–Crippen LogP) is 2.65. The summed E-state index contributed by atoms with van der Waals surface area (Å²) in [5.74, 6) is -0.346. The first-order valence-corrected chi connectivity index (χ1v) is 6.06. The summed E-state index contributed by atoms with van der Waals surface area (Å²) < 4.78 is 17.8. The van der Waals surface area contributed by atoms with E-state index in [1.807, 2.05) is 0 Å². The highest BCUT2D eigenvalue weighted by Gasteiger charge is 2.30. The zero-order valence-corrected chi connectivity index (χ0v) is 10.1. The average Bonchev–Trinajstić information content (AvgIpc) is 2.78. The third-order valence-electron chi connectivity index (χ3n) is 3.18. The molecule has 1 aliphatic rings. The van der Waals surface area contributed by atoms with Crippen LogP contribution in [0, 0.1) is 5.82 Å². The maximum absolute atomic E-state index is 12.7. The van der Waals surface area contributed by atoms with Crippen LogP contribution in [0.5, 0.6) is 0 Å². The minimum atomic E-state index is -0.557. The van der Waals surface area contributed by atoms with E-state index in [1.165, 1.54) is 24.3 Å². The molecule has 3 N–H and O–H groups in total. The summed E-state index contributed by atoms with van der Waals surface area (Å²) in [6, 6.07) is 5.50. The second-order valence-electron chi connectivity index (χ2n) is 4.78. The van der Waals surface area contributed by atoms with Crippen LogP contribution in [0.15, 0.2) is 24.3 Å². The zero-order valence-electron chi connectivity index (χ0n) is 10.1. The molecule has 0 atom stereocenters. The number of halogens is 1. The normalized spacial score (nSPS) is 17.4. The molecule has 0 heterocycles. The molecule has 4 nitrogen and oxygen atoms in total. The Morgan fingerprint density at radius 2 is 1.94 bits per heavy atom. The number of carbonyl (C=O) groups is 1. The Morgan fingerprint density at radius 3 is 2.56 bits per heavy atom. The molecule has 2 rings (SSSR count). The lowest BCUT2D eigenvalue weighted by Crippen LogP contribution is -2.42. The van der Waals surface area contributed by atoms with E-state index in [-0.39, 0.29) is 18.0 Å². The van der Waals surface area contributed by atoms with Crippen molar-refractivity contribution in [3.63, 3.8) is 0 Å². The van der Waals surface area contributed by atoms with E-state index in [4.69, 9.17) is 10.5 Å². The Morgan fingerprint density at radius 1 is 1.33 bits per heavy atom. The molecule has 0 radical (unpaired) electrons. The molecule has 1 aromatic rings. The van der Waals surface area contributed by atoms with Crippen LogP contribution < -0.4 is 11.1 Å². The fourth-order valence-corrected chi connectivity index (χ4v) is 2.12. The number of amides is 1. The van der Waals surface area contributed by atoms with Gasteiger partial charge in [0.05, 0.1) is 5.54 Å². The van der Waals surface area contributed by atoms with Crippen LogP contribution in [0.3, 0.4) is 0 Å². The van der Waals surface area contributed by atoms with Gasteiger partial charge >= 0.3 is 6.09 Å². The van der Waals surface area contributed by atoms with Gasteiger partial charge in [-0.2, -0.15) is 0 Å². The van der Waals surface area contributed by atoms with E-state index in [2.05, 4.69) is 5.32 Å². The number of carbonyl (C=O) groups excluding carboxylic acids is 1. The lowest BCUT2D eigenvalue weighted by molar-refractivity contribution is 0.130. The number of benzene rings is 1. The average molecular weight is 252 g/mol. The van der Waals surface area contributed by atoms with Gasteiger partial charge in [0.1, 0.15) is 12.4 Å². The number of ether oxygens (including phenoxy) is 1. The Labute approximate surface area is 105 Å². The van der Waals surface area contributed by atoms with Gasteiger partial charge in [0.15, 0.2) is 0 Å². The number of rotatable bonds is 3. The van der Waals surface area contributed by atoms with E-state index in [0.29, 0.717) is 5.69 Å². The van der Waals surface area contributed by atoms with E-state index < -0.39 is 6.09 Å². The van der Waals surface area contributed by atoms with Crippen molar-refractivity contribution in [3.8, 4) is 0 Å². The predicted molar refractivity (Wildman–Crippen MR) is 66.8 cm³/mol. The monoisotopic (exact) mass is 252 g/mol. The molecule has 1 saturated carbocycles. The van der Waals surface area contributed by atoms with Crippen LogP contribution in [0.2, 0.25) is 0 Å². The topological polar surface area (TPSA) is 64.3 Å². The largest absolute Gasteiger partial charge is 0.447 e. The first-order valence-electron chi connectivity index (χ1n) is 6.06. The molecule has 98 valence electrons. The van der Waals surface area contributed by atoms with Gasteiger partial charge in [-0.3, -0.25) is 5.32 Å². The third kappa shape index (κ3) is 3.43. The van der Waals surface area contributed by atoms with Crippen LogP contribution in [0.25, 0.3) is 0 Å². The van der Waals surface area contributed by atoms with Crippen molar-refractivity contribution >= 4 is 11.8 Å². The molecule has 1 amide bonds. The number of hydrogen-bond acceptors (Lipinski definition) is 3. The van der Waals surface area contributed by atoms with Crippen LogP contribution in [0.1, 0.15) is 25.7 Å². The highest BCUT2D eigenvalue weighted by Crippen LogP contribution is 2.27. The fourth-order valence-electron chi connectivity index (χ4n) is 2.12. The molecule has 18 heavy (non-hydrogen) atoms. The van der Waals surface area contributed by atoms with E-state index in [9.17, 15) is 9.18 Å². The smallest absolute Gasteiger partial charge is 0.411 e. The summed E-state index contributed by atoms with van der Waals surface area (Å²) in [5.41, 5.74) is 6.19. The zero-order chi connectivity index (χ0) is 13.0. The highest BCUT2D eigenvalue weighted by molar-refractivity contribution is 5.84. The summed E-state index contributed by atoms with van der Waals surface area (Å²) in [5, 5.41) is 2.53. The van der Waals surface area contributed by atoms with Crippen molar-refractivity contribution in [1.29, 1.82) is 0 Å². The van der Waals surface area contributed by atoms with Gasteiger partial charge in [-0.05, 0) is 37.1 Å². The number of hydrogen-bond donors (Lipinski definition) is 2. The number of nitrogens with two attached hydrogens (primary N) is 1. The van der Waals surface area contributed by atoms with Crippen molar-refractivity contribution < 1.29 is 13.9 Å². The summed E-state index contributed by atoms with van der Waals surface area (Å²) in [6.07, 6.45) is 3.38. The lowest BCUT2D eigenvalue weighted by Gasteiger charge is -2.22. The maximum atomic E-state index is 12.7. The van der Waals surface area contributed by atoms with Gasteiger partial charge in [-0.25, -0.2) is 9.18 Å². The van der Waals surface area contributed by atoms with Crippen LogP contribution >= 0.6 is 0 Å². The van der Waals surface area contributed by atoms with Gasteiger partial charge in [-0.1, -0.05) is 12.8 Å². The second-order valence-corrected chi connectivity index (χ2v) is 4.78. The lowest BCUT2D eigenvalue weighted by atomic mass is 10.0. The van der Waals surface area contributed by atoms with E-state index in [0.717, 1.165) is 25.7 Å². The Hall–Kier alpha value is -1.62. The van der Waals surface area contributed by atoms with Gasteiger partial charge in [0.25, 0.3) is 0 Å². The molecule has 0 spiro atoms. The summed E-state index contributed by atoms with van der Waals surface area (Å²) >= 11 is 0. The molecule has 0 saturated heterocycles. The summed E-state index contributed by atoms with van der Waals surface area (Å²) in [7, 11) is 0. The Balaban J connectivity index is 1.80. The molecule has 1 aliphatic carbocycles. The van der Waals surface area contributed by atoms with Crippen molar-refractivity contribution in [2.24, 2.45) is 5.73 Å². The number of anilines is 1. The molecule has 0 unspecified atom stereocenters. The maximum Gasteiger partial charge on any atom is 0.411 e. The Kier molecular flexibility index (Phi) is 3.81. The number of nitrogens with one attached hydrogen (secondary N) is 1. The first kappa shape index (κ1) is 12.8. The molecule has 1 aromatic carbocycles. The molecule has 0 aromatic heterocycles. The van der Waals surface area contributed by atoms with Crippen molar-refractivity contribution in [1.82, 2.24) is 0 Å². The van der Waals surface area contributed by atoms with Gasteiger partial charge in [0, 0.05) is 5.69 Å². The third-order valence-corrected chi connectivity index (χ3v) is 3.18. The fraction of sp³-hybridized carbons (Fsp3) is 0.462. The van der Waals surface area contributed by atoms with Crippen molar-refractivity contribution in [3.05, 3.63) is 30.1 Å². The van der Waals surface area contributed by atoms with Crippen LogP contribution in [-0.4, -0.2) is 18.2 Å². The SMILES string of the molecule is NC1(COC(=O)Nc2ccc(F)cc2)CCCC1. The minimum absolute atomic E-state index is 0.222.